The lowest BCUT2D eigenvalue weighted by molar-refractivity contribution is -0.119. The predicted molar refractivity (Wildman–Crippen MR) is 65.3 cm³/mol. The van der Waals surface area contributed by atoms with Crippen LogP contribution in [0.25, 0.3) is 0 Å². The maximum Gasteiger partial charge on any atom is 0.405 e. The molecule has 0 aliphatic heterocycles. The average molecular weight is 328 g/mol. The van der Waals surface area contributed by atoms with Crippen LogP contribution in [0.2, 0.25) is 0 Å². The van der Waals surface area contributed by atoms with Gasteiger partial charge in [0.15, 0.2) is 5.82 Å². The van der Waals surface area contributed by atoms with E-state index in [4.69, 9.17) is 4.74 Å². The van der Waals surface area contributed by atoms with Crippen molar-refractivity contribution >= 4 is 21.7 Å². The van der Waals surface area contributed by atoms with Gasteiger partial charge in [0.1, 0.15) is 6.54 Å². The number of hydrogen-bond acceptors (Lipinski definition) is 4. The summed E-state index contributed by atoms with van der Waals surface area (Å²) in [6.07, 6.45) is -1.63. The van der Waals surface area contributed by atoms with E-state index < -0.39 is 12.7 Å². The highest BCUT2D eigenvalue weighted by molar-refractivity contribution is 9.09. The van der Waals surface area contributed by atoms with Gasteiger partial charge in [-0.05, 0) is 6.92 Å². The van der Waals surface area contributed by atoms with Crippen molar-refractivity contribution in [1.29, 1.82) is 0 Å². The van der Waals surface area contributed by atoms with Crippen molar-refractivity contribution in [2.45, 2.75) is 13.1 Å². The zero-order chi connectivity index (χ0) is 13.6. The second-order valence-electron chi connectivity index (χ2n) is 3.37. The first kappa shape index (κ1) is 15.0. The minimum Gasteiger partial charge on any atom is -0.477 e. The fourth-order valence-corrected chi connectivity index (χ4v) is 1.73. The van der Waals surface area contributed by atoms with Crippen LogP contribution in [0.1, 0.15) is 6.92 Å². The third kappa shape index (κ3) is 5.07. The van der Waals surface area contributed by atoms with Crippen LogP contribution < -0.4 is 9.64 Å². The van der Waals surface area contributed by atoms with Crippen LogP contribution in [0.15, 0.2) is 12.4 Å². The smallest absolute Gasteiger partial charge is 0.405 e. The van der Waals surface area contributed by atoms with E-state index in [2.05, 4.69) is 25.9 Å². The van der Waals surface area contributed by atoms with E-state index in [9.17, 15) is 13.2 Å². The van der Waals surface area contributed by atoms with E-state index in [-0.39, 0.29) is 18.2 Å². The minimum absolute atomic E-state index is 0.151. The molecule has 0 saturated carbocycles. The summed E-state index contributed by atoms with van der Waals surface area (Å²) in [6.45, 7) is 1.27. The van der Waals surface area contributed by atoms with Gasteiger partial charge in [-0.3, -0.25) is 4.98 Å². The van der Waals surface area contributed by atoms with Gasteiger partial charge in [0.2, 0.25) is 5.88 Å². The molecule has 0 aliphatic carbocycles. The summed E-state index contributed by atoms with van der Waals surface area (Å²) in [5, 5.41) is 0.406. The van der Waals surface area contributed by atoms with E-state index in [0.717, 1.165) is 4.90 Å². The van der Waals surface area contributed by atoms with Crippen LogP contribution in [0.4, 0.5) is 19.0 Å². The first-order chi connectivity index (χ1) is 8.46. The number of rotatable bonds is 6. The molecule has 1 heterocycles. The Morgan fingerprint density at radius 2 is 2.11 bits per heavy atom. The highest BCUT2D eigenvalue weighted by atomic mass is 79.9. The molecule has 0 amide bonds. The molecule has 0 atom stereocenters. The van der Waals surface area contributed by atoms with E-state index in [0.29, 0.717) is 11.9 Å². The molecule has 0 unspecified atom stereocenters. The average Bonchev–Trinajstić information content (AvgIpc) is 2.28. The topological polar surface area (TPSA) is 38.2 Å². The van der Waals surface area contributed by atoms with Crippen molar-refractivity contribution in [3.05, 3.63) is 12.4 Å². The molecule has 0 spiro atoms. The second kappa shape index (κ2) is 6.77. The van der Waals surface area contributed by atoms with Crippen LogP contribution in [-0.4, -0.2) is 41.2 Å². The summed E-state index contributed by atoms with van der Waals surface area (Å²) < 4.78 is 42.4. The quantitative estimate of drug-likeness (QED) is 0.753. The Bertz CT molecular complexity index is 376. The molecule has 1 rings (SSSR count). The summed E-state index contributed by atoms with van der Waals surface area (Å²) in [5.41, 5.74) is 0. The molecular formula is C10H13BrF3N3O. The highest BCUT2D eigenvalue weighted by Crippen LogP contribution is 2.21. The van der Waals surface area contributed by atoms with Crippen LogP contribution in [0, 0.1) is 0 Å². The molecule has 4 nitrogen and oxygen atoms in total. The van der Waals surface area contributed by atoms with Crippen LogP contribution in [0.5, 0.6) is 5.88 Å². The highest BCUT2D eigenvalue weighted by Gasteiger charge is 2.31. The summed E-state index contributed by atoms with van der Waals surface area (Å²) >= 11 is 3.12. The lowest BCUT2D eigenvalue weighted by atomic mass is 10.4. The molecule has 102 valence electrons. The lowest BCUT2D eigenvalue weighted by Gasteiger charge is -2.23. The standard InChI is InChI=1S/C10H13BrF3N3O/c1-2-18-9-6-15-5-8(16-9)17(4-3-11)7-10(12,13)14/h5-6H,2-4,7H2,1H3. The van der Waals surface area contributed by atoms with Gasteiger partial charge in [-0.2, -0.15) is 18.2 Å². The van der Waals surface area contributed by atoms with Gasteiger partial charge < -0.3 is 9.64 Å². The first-order valence-corrected chi connectivity index (χ1v) is 6.41. The molecule has 0 aliphatic rings. The molecule has 1 aromatic heterocycles. The Labute approximate surface area is 111 Å². The molecule has 0 N–H and O–H groups in total. The largest absolute Gasteiger partial charge is 0.477 e. The Morgan fingerprint density at radius 3 is 2.67 bits per heavy atom. The predicted octanol–water partition coefficient (Wildman–Crippen LogP) is 2.64. The van der Waals surface area contributed by atoms with Crippen LogP contribution >= 0.6 is 15.9 Å². The molecule has 8 heteroatoms. The third-order valence-electron chi connectivity index (χ3n) is 1.94. The maximum absolute atomic E-state index is 12.4. The van der Waals surface area contributed by atoms with Crippen molar-refractivity contribution in [3.63, 3.8) is 0 Å². The van der Waals surface area contributed by atoms with Crippen molar-refractivity contribution < 1.29 is 17.9 Å². The SMILES string of the molecule is CCOc1cncc(N(CCBr)CC(F)(F)F)n1. The molecule has 18 heavy (non-hydrogen) atoms. The molecule has 1 aromatic rings. The zero-order valence-corrected chi connectivity index (χ0v) is 11.3. The van der Waals surface area contributed by atoms with Gasteiger partial charge in [-0.1, -0.05) is 15.9 Å². The van der Waals surface area contributed by atoms with Gasteiger partial charge >= 0.3 is 6.18 Å². The Hall–Kier alpha value is -1.05. The van der Waals surface area contributed by atoms with Gasteiger partial charge in [0.05, 0.1) is 19.0 Å². The number of hydrogen-bond donors (Lipinski definition) is 0. The number of halogens is 4. The first-order valence-electron chi connectivity index (χ1n) is 5.28. The van der Waals surface area contributed by atoms with Gasteiger partial charge in [-0.25, -0.2) is 0 Å². The zero-order valence-electron chi connectivity index (χ0n) is 9.74. The summed E-state index contributed by atoms with van der Waals surface area (Å²) in [5.74, 6) is 0.370. The number of ether oxygens (including phenoxy) is 1. The Morgan fingerprint density at radius 1 is 1.39 bits per heavy atom. The molecular weight excluding hydrogens is 315 g/mol. The minimum atomic E-state index is -4.29. The summed E-state index contributed by atoms with van der Waals surface area (Å²) in [7, 11) is 0. The lowest BCUT2D eigenvalue weighted by Crippen LogP contribution is -2.36. The molecule has 0 saturated heterocycles. The molecule has 0 bridgehead atoms. The number of alkyl halides is 4. The van der Waals surface area contributed by atoms with Crippen molar-refractivity contribution in [2.24, 2.45) is 0 Å². The monoisotopic (exact) mass is 327 g/mol. The van der Waals surface area contributed by atoms with Gasteiger partial charge in [0, 0.05) is 11.9 Å². The van der Waals surface area contributed by atoms with Crippen molar-refractivity contribution in [1.82, 2.24) is 9.97 Å². The van der Waals surface area contributed by atoms with E-state index >= 15 is 0 Å². The fraction of sp³-hybridized carbons (Fsp3) is 0.600. The van der Waals surface area contributed by atoms with Crippen molar-refractivity contribution in [2.75, 3.05) is 29.9 Å². The molecule has 0 radical (unpaired) electrons. The van der Waals surface area contributed by atoms with Gasteiger partial charge in [-0.15, -0.1) is 0 Å². The Balaban J connectivity index is 2.87. The summed E-state index contributed by atoms with van der Waals surface area (Å²) in [4.78, 5) is 8.91. The Kier molecular flexibility index (Phi) is 5.64. The second-order valence-corrected chi connectivity index (χ2v) is 4.17. The van der Waals surface area contributed by atoms with E-state index in [1.807, 2.05) is 0 Å². The van der Waals surface area contributed by atoms with E-state index in [1.54, 1.807) is 6.92 Å². The van der Waals surface area contributed by atoms with Gasteiger partial charge in [0.25, 0.3) is 0 Å². The summed E-state index contributed by atoms with van der Waals surface area (Å²) in [6, 6.07) is 0. The van der Waals surface area contributed by atoms with Crippen LogP contribution in [-0.2, 0) is 0 Å². The third-order valence-corrected chi connectivity index (χ3v) is 2.30. The fourth-order valence-electron chi connectivity index (χ4n) is 1.30. The maximum atomic E-state index is 12.4. The van der Waals surface area contributed by atoms with Crippen LogP contribution in [0.3, 0.4) is 0 Å². The number of aromatic nitrogens is 2. The normalized spacial score (nSPS) is 11.4. The number of anilines is 1. The van der Waals surface area contributed by atoms with E-state index in [1.165, 1.54) is 12.4 Å². The molecule has 0 fully saturated rings. The number of nitrogens with zero attached hydrogens (tertiary/aromatic N) is 3. The van der Waals surface area contributed by atoms with Crippen molar-refractivity contribution in [3.8, 4) is 5.88 Å². The molecule has 0 aromatic carbocycles.